The van der Waals surface area contributed by atoms with Gasteiger partial charge in [-0.15, -0.1) is 0 Å². The summed E-state index contributed by atoms with van der Waals surface area (Å²) in [4.78, 5) is 0.142. The fraction of sp³-hybridized carbons (Fsp3) is 0.400. The summed E-state index contributed by atoms with van der Waals surface area (Å²) in [6.07, 6.45) is -5.49. The van der Waals surface area contributed by atoms with Gasteiger partial charge < -0.3 is 35.0 Å². The third kappa shape index (κ3) is 3.82. The fourth-order valence-electron chi connectivity index (χ4n) is 3.37. The van der Waals surface area contributed by atoms with Gasteiger partial charge in [-0.3, -0.25) is 0 Å². The molecular weight excluding hydrogens is 400 g/mol. The van der Waals surface area contributed by atoms with Gasteiger partial charge in [0, 0.05) is 11.3 Å². The van der Waals surface area contributed by atoms with Gasteiger partial charge in [0.25, 0.3) is 5.12 Å². The molecule has 1 aliphatic heterocycles. The van der Waals surface area contributed by atoms with Gasteiger partial charge in [0.2, 0.25) is 0 Å². The standard InChI is InChI=1S/C20H24O8S/c1-27-14-9-7-13(8-10-14)11-19(24)18(23)17(22)16(12-21)28-20(19,25)29(26)15-5-3-2-4-6-15/h2-10,16-18,21-25H,11-12H2,1H3/t16-,17+,18+,19-,20?,29?/m1/s1. The summed E-state index contributed by atoms with van der Waals surface area (Å²) < 4.78 is 23.7. The lowest BCUT2D eigenvalue weighted by Gasteiger charge is -2.52. The minimum Gasteiger partial charge on any atom is -0.497 e. The maximum atomic E-state index is 13.2. The molecule has 0 bridgehead atoms. The Kier molecular flexibility index (Phi) is 6.39. The van der Waals surface area contributed by atoms with Crippen molar-refractivity contribution in [3.05, 3.63) is 60.2 Å². The van der Waals surface area contributed by atoms with E-state index < -0.39 is 46.4 Å². The molecule has 0 spiro atoms. The third-order valence-electron chi connectivity index (χ3n) is 5.07. The smallest absolute Gasteiger partial charge is 0.282 e. The van der Waals surface area contributed by atoms with E-state index in [0.717, 1.165) is 0 Å². The second-order valence-electron chi connectivity index (χ2n) is 6.89. The molecular formula is C20H24O8S. The number of hydrogen-bond acceptors (Lipinski definition) is 8. The van der Waals surface area contributed by atoms with Crippen molar-refractivity contribution >= 4 is 10.8 Å². The van der Waals surface area contributed by atoms with Crippen LogP contribution in [0.2, 0.25) is 0 Å². The summed E-state index contributed by atoms with van der Waals surface area (Å²) in [6, 6.07) is 14.2. The van der Waals surface area contributed by atoms with Gasteiger partial charge in [-0.1, -0.05) is 30.3 Å². The number of benzene rings is 2. The third-order valence-corrected chi connectivity index (χ3v) is 6.73. The van der Waals surface area contributed by atoms with Crippen LogP contribution in [0.25, 0.3) is 0 Å². The van der Waals surface area contributed by atoms with E-state index >= 15 is 0 Å². The zero-order valence-corrected chi connectivity index (χ0v) is 16.5. The van der Waals surface area contributed by atoms with Crippen LogP contribution in [0, 0.1) is 0 Å². The Balaban J connectivity index is 2.06. The van der Waals surface area contributed by atoms with Crippen molar-refractivity contribution in [1.29, 1.82) is 0 Å². The second-order valence-corrected chi connectivity index (χ2v) is 8.45. The molecule has 0 radical (unpaired) electrons. The van der Waals surface area contributed by atoms with Crippen LogP contribution in [0.5, 0.6) is 5.75 Å². The lowest BCUT2D eigenvalue weighted by molar-refractivity contribution is -0.349. The van der Waals surface area contributed by atoms with Crippen LogP contribution in [0.3, 0.4) is 0 Å². The van der Waals surface area contributed by atoms with Crippen LogP contribution in [0.1, 0.15) is 5.56 Å². The Hall–Kier alpha value is -1.85. The van der Waals surface area contributed by atoms with Crippen LogP contribution in [0.15, 0.2) is 59.5 Å². The number of aliphatic hydroxyl groups excluding tert-OH is 3. The van der Waals surface area contributed by atoms with Gasteiger partial charge >= 0.3 is 0 Å². The van der Waals surface area contributed by atoms with Gasteiger partial charge in [-0.25, -0.2) is 4.21 Å². The molecule has 29 heavy (non-hydrogen) atoms. The highest BCUT2D eigenvalue weighted by Gasteiger charge is 2.66. The van der Waals surface area contributed by atoms with E-state index in [4.69, 9.17) is 9.47 Å². The molecule has 2 aromatic rings. The molecule has 0 aliphatic carbocycles. The maximum absolute atomic E-state index is 13.2. The number of aliphatic hydroxyl groups is 5. The molecule has 6 atom stereocenters. The van der Waals surface area contributed by atoms with Crippen molar-refractivity contribution in [1.82, 2.24) is 0 Å². The highest BCUT2D eigenvalue weighted by atomic mass is 32.2. The number of hydrogen-bond donors (Lipinski definition) is 5. The molecule has 8 nitrogen and oxygen atoms in total. The van der Waals surface area contributed by atoms with Crippen molar-refractivity contribution in [2.24, 2.45) is 0 Å². The highest BCUT2D eigenvalue weighted by molar-refractivity contribution is 7.86. The van der Waals surface area contributed by atoms with Crippen LogP contribution >= 0.6 is 0 Å². The molecule has 2 unspecified atom stereocenters. The SMILES string of the molecule is COc1ccc(C[C@@]2(O)[C@@H](O)[C@@H](O)[C@@H](CO)OC2(O)S(=O)c2ccccc2)cc1. The van der Waals surface area contributed by atoms with Crippen molar-refractivity contribution in [2.75, 3.05) is 13.7 Å². The Morgan fingerprint density at radius 2 is 1.69 bits per heavy atom. The van der Waals surface area contributed by atoms with Gasteiger partial charge in [0.1, 0.15) is 34.9 Å². The summed E-state index contributed by atoms with van der Waals surface area (Å²) in [5, 5.41) is 50.3. The van der Waals surface area contributed by atoms with E-state index in [1.54, 1.807) is 42.5 Å². The summed E-state index contributed by atoms with van der Waals surface area (Å²) >= 11 is 0. The first-order chi connectivity index (χ1) is 13.8. The zero-order valence-electron chi connectivity index (χ0n) is 15.7. The Morgan fingerprint density at radius 3 is 2.24 bits per heavy atom. The minimum atomic E-state index is -2.81. The largest absolute Gasteiger partial charge is 0.497 e. The predicted octanol–water partition coefficient (Wildman–Crippen LogP) is -0.464. The quantitative estimate of drug-likeness (QED) is 0.420. The summed E-state index contributed by atoms with van der Waals surface area (Å²) in [5.41, 5.74) is -2.08. The average Bonchev–Trinajstić information content (AvgIpc) is 2.75. The summed E-state index contributed by atoms with van der Waals surface area (Å²) in [5.74, 6) is 0.560. The molecule has 1 saturated heterocycles. The first kappa shape index (κ1) is 21.8. The minimum absolute atomic E-state index is 0.142. The Bertz CT molecular complexity index is 845. The molecule has 1 fully saturated rings. The molecule has 3 rings (SSSR count). The second kappa shape index (κ2) is 8.49. The van der Waals surface area contributed by atoms with Gasteiger partial charge in [-0.2, -0.15) is 0 Å². The molecule has 2 aromatic carbocycles. The fourth-order valence-corrected chi connectivity index (χ4v) is 4.82. The van der Waals surface area contributed by atoms with Gasteiger partial charge in [0.05, 0.1) is 13.7 Å². The van der Waals surface area contributed by atoms with Crippen LogP contribution in [-0.4, -0.2) is 72.5 Å². The predicted molar refractivity (Wildman–Crippen MR) is 103 cm³/mol. The monoisotopic (exact) mass is 424 g/mol. The normalized spacial score (nSPS) is 33.2. The molecule has 1 aliphatic rings. The van der Waals surface area contributed by atoms with Crippen LogP contribution in [0.4, 0.5) is 0 Å². The van der Waals surface area contributed by atoms with Crippen molar-refractivity contribution in [2.45, 2.75) is 40.3 Å². The van der Waals surface area contributed by atoms with E-state index in [2.05, 4.69) is 0 Å². The van der Waals surface area contributed by atoms with Crippen molar-refractivity contribution in [3.8, 4) is 5.75 Å². The molecule has 0 aromatic heterocycles. The number of ether oxygens (including phenoxy) is 2. The molecule has 9 heteroatoms. The molecule has 158 valence electrons. The molecule has 0 saturated carbocycles. The maximum Gasteiger partial charge on any atom is 0.282 e. The lowest BCUT2D eigenvalue weighted by Crippen LogP contribution is -2.75. The summed E-state index contributed by atoms with van der Waals surface area (Å²) in [7, 11) is -0.872. The molecule has 0 amide bonds. The first-order valence-corrected chi connectivity index (χ1v) is 10.1. The lowest BCUT2D eigenvalue weighted by atomic mass is 9.81. The molecule has 1 heterocycles. The first-order valence-electron chi connectivity index (χ1n) is 8.96. The van der Waals surface area contributed by atoms with E-state index in [1.165, 1.54) is 19.2 Å². The van der Waals surface area contributed by atoms with Gasteiger partial charge in [0.15, 0.2) is 5.60 Å². The van der Waals surface area contributed by atoms with E-state index in [0.29, 0.717) is 11.3 Å². The van der Waals surface area contributed by atoms with E-state index in [9.17, 15) is 29.7 Å². The molecule has 5 N–H and O–H groups in total. The van der Waals surface area contributed by atoms with E-state index in [1.807, 2.05) is 0 Å². The van der Waals surface area contributed by atoms with Crippen molar-refractivity contribution < 1.29 is 39.2 Å². The zero-order chi connectivity index (χ0) is 21.2. The number of methoxy groups -OCH3 is 1. The Morgan fingerprint density at radius 1 is 1.07 bits per heavy atom. The highest BCUT2D eigenvalue weighted by Crippen LogP contribution is 2.43. The van der Waals surface area contributed by atoms with Crippen LogP contribution in [-0.2, 0) is 22.0 Å². The summed E-state index contributed by atoms with van der Waals surface area (Å²) in [6.45, 7) is -0.759. The van der Waals surface area contributed by atoms with E-state index in [-0.39, 0.29) is 11.3 Å². The van der Waals surface area contributed by atoms with Crippen molar-refractivity contribution in [3.63, 3.8) is 0 Å². The number of rotatable bonds is 6. The van der Waals surface area contributed by atoms with Gasteiger partial charge in [-0.05, 0) is 29.8 Å². The average molecular weight is 424 g/mol. The Labute approximate surface area is 170 Å². The topological polar surface area (TPSA) is 137 Å². The van der Waals surface area contributed by atoms with Crippen LogP contribution < -0.4 is 4.74 Å².